The van der Waals surface area contributed by atoms with Gasteiger partial charge in [-0.25, -0.2) is 8.42 Å². The van der Waals surface area contributed by atoms with Crippen LogP contribution < -0.4 is 0 Å². The van der Waals surface area contributed by atoms with Gasteiger partial charge in [-0.3, -0.25) is 0 Å². The number of halogens is 3. The average molecular weight is 328 g/mol. The van der Waals surface area contributed by atoms with E-state index in [0.29, 0.717) is 11.1 Å². The maximum atomic E-state index is 12.7. The molecule has 0 atom stereocenters. The van der Waals surface area contributed by atoms with Crippen molar-refractivity contribution in [2.75, 3.05) is 0 Å². The lowest BCUT2D eigenvalue weighted by molar-refractivity contribution is -0.137. The SMILES string of the molecule is Cc1cc(C)c(S(=O)(=O)c2ccc(C(F)(F)F)cc2)c(C)c1. The summed E-state index contributed by atoms with van der Waals surface area (Å²) < 4.78 is 63.0. The van der Waals surface area contributed by atoms with E-state index in [4.69, 9.17) is 0 Å². The topological polar surface area (TPSA) is 34.1 Å². The summed E-state index contributed by atoms with van der Waals surface area (Å²) in [6.45, 7) is 5.21. The Morgan fingerprint density at radius 1 is 0.864 bits per heavy atom. The first kappa shape index (κ1) is 16.5. The highest BCUT2D eigenvalue weighted by Crippen LogP contribution is 2.32. The summed E-state index contributed by atoms with van der Waals surface area (Å²) in [5.41, 5.74) is 1.22. The van der Waals surface area contributed by atoms with E-state index in [1.807, 2.05) is 6.92 Å². The average Bonchev–Trinajstić information content (AvgIpc) is 2.36. The molecule has 0 N–H and O–H groups in total. The molecule has 6 heteroatoms. The lowest BCUT2D eigenvalue weighted by Gasteiger charge is -2.13. The lowest BCUT2D eigenvalue weighted by Crippen LogP contribution is -2.09. The molecule has 0 saturated heterocycles. The van der Waals surface area contributed by atoms with E-state index < -0.39 is 21.6 Å². The quantitative estimate of drug-likeness (QED) is 0.815. The van der Waals surface area contributed by atoms with Gasteiger partial charge in [-0.1, -0.05) is 17.7 Å². The van der Waals surface area contributed by atoms with Crippen LogP contribution in [0.1, 0.15) is 22.3 Å². The molecule has 0 saturated carbocycles. The Kier molecular flexibility index (Phi) is 4.08. The molecule has 2 nitrogen and oxygen atoms in total. The van der Waals surface area contributed by atoms with Crippen LogP contribution in [0.25, 0.3) is 0 Å². The van der Waals surface area contributed by atoms with Crippen molar-refractivity contribution < 1.29 is 21.6 Å². The van der Waals surface area contributed by atoms with Crippen LogP contribution in [-0.4, -0.2) is 8.42 Å². The summed E-state index contributed by atoms with van der Waals surface area (Å²) in [6.07, 6.45) is -4.49. The molecule has 0 aliphatic carbocycles. The summed E-state index contributed by atoms with van der Waals surface area (Å²) in [5.74, 6) is 0. The third kappa shape index (κ3) is 3.02. The van der Waals surface area contributed by atoms with Gasteiger partial charge in [-0.2, -0.15) is 13.2 Å². The maximum absolute atomic E-state index is 12.7. The van der Waals surface area contributed by atoms with Crippen molar-refractivity contribution >= 4 is 9.84 Å². The fourth-order valence-corrected chi connectivity index (χ4v) is 4.23. The summed E-state index contributed by atoms with van der Waals surface area (Å²) in [6, 6.07) is 7.04. The molecule has 2 aromatic carbocycles. The molecule has 0 spiro atoms. The third-order valence-electron chi connectivity index (χ3n) is 3.37. The number of alkyl halides is 3. The van der Waals surface area contributed by atoms with Crippen LogP contribution in [0.4, 0.5) is 13.2 Å². The minimum atomic E-state index is -4.49. The van der Waals surface area contributed by atoms with Gasteiger partial charge in [-0.15, -0.1) is 0 Å². The molecule has 2 aromatic rings. The molecular formula is C16H15F3O2S. The second-order valence-electron chi connectivity index (χ2n) is 5.25. The third-order valence-corrected chi connectivity index (χ3v) is 5.44. The van der Waals surface area contributed by atoms with E-state index in [1.165, 1.54) is 0 Å². The molecule has 0 unspecified atom stereocenters. The molecule has 0 heterocycles. The highest BCUT2D eigenvalue weighted by Gasteiger charge is 2.31. The zero-order chi connectivity index (χ0) is 16.7. The lowest BCUT2D eigenvalue weighted by atomic mass is 10.1. The van der Waals surface area contributed by atoms with Crippen LogP contribution in [0, 0.1) is 20.8 Å². The fourth-order valence-electron chi connectivity index (χ4n) is 2.53. The van der Waals surface area contributed by atoms with Gasteiger partial charge in [0.05, 0.1) is 15.4 Å². The Hall–Kier alpha value is -1.82. The molecule has 0 amide bonds. The predicted molar refractivity (Wildman–Crippen MR) is 77.5 cm³/mol. The molecule has 0 aliphatic heterocycles. The van der Waals surface area contributed by atoms with Gasteiger partial charge in [0.1, 0.15) is 0 Å². The van der Waals surface area contributed by atoms with Crippen molar-refractivity contribution in [2.45, 2.75) is 36.7 Å². The first-order valence-corrected chi connectivity index (χ1v) is 8.02. The number of hydrogen-bond donors (Lipinski definition) is 0. The van der Waals surface area contributed by atoms with E-state index in [9.17, 15) is 21.6 Å². The van der Waals surface area contributed by atoms with E-state index >= 15 is 0 Å². The number of hydrogen-bond acceptors (Lipinski definition) is 2. The molecular weight excluding hydrogens is 313 g/mol. The van der Waals surface area contributed by atoms with Crippen LogP contribution in [0.5, 0.6) is 0 Å². The van der Waals surface area contributed by atoms with Crippen LogP contribution in [0.15, 0.2) is 46.2 Å². The zero-order valence-corrected chi connectivity index (χ0v) is 13.1. The van der Waals surface area contributed by atoms with Crippen molar-refractivity contribution in [3.05, 3.63) is 58.7 Å². The van der Waals surface area contributed by atoms with Gasteiger partial charge in [0, 0.05) is 0 Å². The highest BCUT2D eigenvalue weighted by molar-refractivity contribution is 7.91. The number of aryl methyl sites for hydroxylation is 3. The van der Waals surface area contributed by atoms with Crippen molar-refractivity contribution in [3.63, 3.8) is 0 Å². The van der Waals surface area contributed by atoms with E-state index in [-0.39, 0.29) is 9.79 Å². The second kappa shape index (κ2) is 5.43. The zero-order valence-electron chi connectivity index (χ0n) is 12.3. The Morgan fingerprint density at radius 3 is 1.73 bits per heavy atom. The van der Waals surface area contributed by atoms with Gasteiger partial charge in [0.25, 0.3) is 0 Å². The smallest absolute Gasteiger partial charge is 0.218 e. The largest absolute Gasteiger partial charge is 0.416 e. The molecule has 118 valence electrons. The van der Waals surface area contributed by atoms with Crippen LogP contribution in [0.3, 0.4) is 0 Å². The van der Waals surface area contributed by atoms with E-state index in [0.717, 1.165) is 29.8 Å². The number of sulfone groups is 1. The molecule has 0 aliphatic rings. The first-order chi connectivity index (χ1) is 10.0. The summed E-state index contributed by atoms with van der Waals surface area (Å²) >= 11 is 0. The Labute approximate surface area is 127 Å². The van der Waals surface area contributed by atoms with Crippen LogP contribution in [-0.2, 0) is 16.0 Å². The van der Waals surface area contributed by atoms with E-state index in [1.54, 1.807) is 26.0 Å². The van der Waals surface area contributed by atoms with Crippen LogP contribution >= 0.6 is 0 Å². The Balaban J connectivity index is 2.57. The first-order valence-electron chi connectivity index (χ1n) is 6.53. The minimum absolute atomic E-state index is 0.143. The summed E-state index contributed by atoms with van der Waals surface area (Å²) in [4.78, 5) is 0.00779. The molecule has 0 radical (unpaired) electrons. The molecule has 0 aromatic heterocycles. The second-order valence-corrected chi connectivity index (χ2v) is 7.14. The van der Waals surface area contributed by atoms with Crippen molar-refractivity contribution in [3.8, 4) is 0 Å². The highest BCUT2D eigenvalue weighted by atomic mass is 32.2. The Morgan fingerprint density at radius 2 is 1.32 bits per heavy atom. The molecule has 22 heavy (non-hydrogen) atoms. The van der Waals surface area contributed by atoms with Gasteiger partial charge in [-0.05, 0) is 56.2 Å². The van der Waals surface area contributed by atoms with Crippen molar-refractivity contribution in [1.29, 1.82) is 0 Å². The van der Waals surface area contributed by atoms with Crippen molar-refractivity contribution in [2.24, 2.45) is 0 Å². The van der Waals surface area contributed by atoms with Gasteiger partial charge in [0.15, 0.2) is 0 Å². The van der Waals surface area contributed by atoms with Crippen molar-refractivity contribution in [1.82, 2.24) is 0 Å². The van der Waals surface area contributed by atoms with Gasteiger partial charge >= 0.3 is 6.18 Å². The standard InChI is InChI=1S/C16H15F3O2S/c1-10-8-11(2)15(12(3)9-10)22(20,21)14-6-4-13(5-7-14)16(17,18)19/h4-9H,1-3H3. The van der Waals surface area contributed by atoms with Gasteiger partial charge < -0.3 is 0 Å². The molecule has 0 bridgehead atoms. The molecule has 0 fully saturated rings. The molecule has 2 rings (SSSR count). The summed E-state index contributed by atoms with van der Waals surface area (Å²) in [5, 5.41) is 0. The number of benzene rings is 2. The Bertz CT molecular complexity index is 781. The monoisotopic (exact) mass is 328 g/mol. The van der Waals surface area contributed by atoms with Crippen LogP contribution in [0.2, 0.25) is 0 Å². The van der Waals surface area contributed by atoms with E-state index in [2.05, 4.69) is 0 Å². The normalized spacial score (nSPS) is 12.5. The van der Waals surface area contributed by atoms with Gasteiger partial charge in [0.2, 0.25) is 9.84 Å². The maximum Gasteiger partial charge on any atom is 0.416 e. The predicted octanol–water partition coefficient (Wildman–Crippen LogP) is 4.46. The number of rotatable bonds is 2. The fraction of sp³-hybridized carbons (Fsp3) is 0.250. The minimum Gasteiger partial charge on any atom is -0.218 e. The summed E-state index contributed by atoms with van der Waals surface area (Å²) in [7, 11) is -3.85.